The molecule has 7 heteroatoms. The first-order valence-corrected chi connectivity index (χ1v) is 5.01. The Bertz CT molecular complexity index is 870. The SMILES string of the molecule is [2H]c1c([2H])c([2H])c(C([2H])([2H])NC(=O)Cn2ccnc2[N+](=O)[O-])c([2H])c1[2H]. The summed E-state index contributed by atoms with van der Waals surface area (Å²) in [5.41, 5.74) is -0.739. The van der Waals surface area contributed by atoms with E-state index in [1.54, 1.807) is 0 Å². The molecule has 0 atom stereocenters. The Morgan fingerprint density at radius 1 is 1.53 bits per heavy atom. The molecule has 1 amide bonds. The molecule has 0 unspecified atom stereocenters. The van der Waals surface area contributed by atoms with Crippen LogP contribution in [0.15, 0.2) is 42.6 Å². The molecule has 0 spiro atoms. The van der Waals surface area contributed by atoms with Crippen LogP contribution < -0.4 is 5.32 Å². The molecular formula is C12H12N4O3. The minimum Gasteiger partial charge on any atom is -0.390 e. The maximum Gasteiger partial charge on any atom is 0.435 e. The van der Waals surface area contributed by atoms with Crippen molar-refractivity contribution in [1.82, 2.24) is 14.9 Å². The number of carbonyl (C=O) groups is 1. The van der Waals surface area contributed by atoms with Crippen LogP contribution in [0.3, 0.4) is 0 Å². The first-order valence-electron chi connectivity index (χ1n) is 8.51. The minimum atomic E-state index is -2.81. The predicted octanol–water partition coefficient (Wildman–Crippen LogP) is 1.11. The van der Waals surface area contributed by atoms with E-state index in [1.165, 1.54) is 0 Å². The van der Waals surface area contributed by atoms with Gasteiger partial charge in [-0.25, -0.2) is 4.57 Å². The van der Waals surface area contributed by atoms with Crippen LogP contribution in [-0.4, -0.2) is 20.4 Å². The molecule has 1 N–H and O–H groups in total. The van der Waals surface area contributed by atoms with E-state index < -0.39 is 65.6 Å². The normalized spacial score (nSPS) is 16.1. The quantitative estimate of drug-likeness (QED) is 0.649. The number of hydrogen-bond donors (Lipinski definition) is 1. The lowest BCUT2D eigenvalue weighted by molar-refractivity contribution is -0.396. The van der Waals surface area contributed by atoms with E-state index >= 15 is 0 Å². The van der Waals surface area contributed by atoms with Crippen LogP contribution in [0.1, 0.15) is 15.2 Å². The molecule has 0 bridgehead atoms. The van der Waals surface area contributed by atoms with E-state index in [-0.39, 0.29) is 0 Å². The molecule has 2 rings (SSSR count). The average Bonchev–Trinajstić information content (AvgIpc) is 2.98. The predicted molar refractivity (Wildman–Crippen MR) is 67.2 cm³/mol. The molecular weight excluding hydrogens is 248 g/mol. The van der Waals surface area contributed by atoms with Gasteiger partial charge in [0.1, 0.15) is 12.4 Å². The fraction of sp³-hybridized carbons (Fsp3) is 0.167. The number of imidazole rings is 1. The summed E-state index contributed by atoms with van der Waals surface area (Å²) < 4.78 is 54.8. The number of nitro groups is 1. The van der Waals surface area contributed by atoms with E-state index in [4.69, 9.17) is 9.60 Å². The van der Waals surface area contributed by atoms with Crippen molar-refractivity contribution in [3.05, 3.63) is 58.3 Å². The third-order valence-corrected chi connectivity index (χ3v) is 2.00. The van der Waals surface area contributed by atoms with Crippen molar-refractivity contribution >= 4 is 11.9 Å². The number of benzene rings is 1. The molecule has 7 nitrogen and oxygen atoms in total. The zero-order chi connectivity index (χ0) is 19.8. The largest absolute Gasteiger partial charge is 0.435 e. The molecule has 19 heavy (non-hydrogen) atoms. The molecule has 0 saturated carbocycles. The minimum absolute atomic E-state index is 0.622. The van der Waals surface area contributed by atoms with Crippen LogP contribution in [0.2, 0.25) is 0 Å². The molecule has 0 aliphatic rings. The number of rotatable bonds is 5. The number of nitrogens with one attached hydrogen (secondary N) is 1. The molecule has 2 aromatic rings. The third kappa shape index (κ3) is 3.38. The topological polar surface area (TPSA) is 90.1 Å². The van der Waals surface area contributed by atoms with Gasteiger partial charge in [-0.1, -0.05) is 35.2 Å². The summed E-state index contributed by atoms with van der Waals surface area (Å²) >= 11 is 0. The average molecular weight is 267 g/mol. The van der Waals surface area contributed by atoms with Crippen LogP contribution in [0.25, 0.3) is 0 Å². The smallest absolute Gasteiger partial charge is 0.390 e. The number of aromatic nitrogens is 2. The summed E-state index contributed by atoms with van der Waals surface area (Å²) in [6.07, 6.45) is 2.24. The Kier molecular flexibility index (Phi) is 1.96. The zero-order valence-corrected chi connectivity index (χ0v) is 9.43. The van der Waals surface area contributed by atoms with E-state index in [0.29, 0.717) is 0 Å². The molecule has 0 radical (unpaired) electrons. The van der Waals surface area contributed by atoms with Gasteiger partial charge in [-0.15, -0.1) is 0 Å². The van der Waals surface area contributed by atoms with Gasteiger partial charge in [0.25, 0.3) is 5.91 Å². The van der Waals surface area contributed by atoms with E-state index in [2.05, 4.69) is 4.98 Å². The lowest BCUT2D eigenvalue weighted by Crippen LogP contribution is -2.27. The highest BCUT2D eigenvalue weighted by molar-refractivity contribution is 5.75. The highest BCUT2D eigenvalue weighted by atomic mass is 16.6. The second-order valence-corrected chi connectivity index (χ2v) is 3.29. The van der Waals surface area contributed by atoms with Gasteiger partial charge in [0.05, 0.1) is 9.60 Å². The molecule has 1 aromatic carbocycles. The van der Waals surface area contributed by atoms with Gasteiger partial charge in [-0.2, -0.15) is 0 Å². The summed E-state index contributed by atoms with van der Waals surface area (Å²) in [4.78, 5) is 25.5. The maximum absolute atomic E-state index is 12.1. The second-order valence-electron chi connectivity index (χ2n) is 3.29. The van der Waals surface area contributed by atoms with Crippen molar-refractivity contribution in [3.8, 4) is 0 Å². The van der Waals surface area contributed by atoms with Crippen molar-refractivity contribution < 1.29 is 19.3 Å². The Hall–Kier alpha value is -2.70. The number of hydrogen-bond acceptors (Lipinski definition) is 4. The van der Waals surface area contributed by atoms with Gasteiger partial charge in [-0.3, -0.25) is 4.79 Å². The fourth-order valence-electron chi connectivity index (χ4n) is 1.24. The number of nitrogens with zero attached hydrogens (tertiary/aromatic N) is 3. The summed E-state index contributed by atoms with van der Waals surface area (Å²) in [5.74, 6) is -1.63. The molecule has 98 valence electrons. The molecule has 0 saturated heterocycles. The summed E-state index contributed by atoms with van der Waals surface area (Å²) in [6.45, 7) is -3.45. The van der Waals surface area contributed by atoms with Crippen LogP contribution in [-0.2, 0) is 17.8 Å². The molecule has 1 heterocycles. The first kappa shape index (κ1) is 6.46. The summed E-state index contributed by atoms with van der Waals surface area (Å²) in [5, 5.41) is 12.7. The van der Waals surface area contributed by atoms with Gasteiger partial charge in [-0.05, 0) is 10.5 Å². The van der Waals surface area contributed by atoms with E-state index in [0.717, 1.165) is 17.0 Å². The Morgan fingerprint density at radius 2 is 2.26 bits per heavy atom. The summed E-state index contributed by atoms with van der Waals surface area (Å²) in [7, 11) is 0. The first-order chi connectivity index (χ1) is 12.0. The van der Waals surface area contributed by atoms with Gasteiger partial charge >= 0.3 is 5.95 Å². The van der Waals surface area contributed by atoms with Crippen molar-refractivity contribution in [2.24, 2.45) is 0 Å². The van der Waals surface area contributed by atoms with Crippen LogP contribution >= 0.6 is 0 Å². The second kappa shape index (κ2) is 5.76. The van der Waals surface area contributed by atoms with Gasteiger partial charge in [0.2, 0.25) is 0 Å². The van der Waals surface area contributed by atoms with E-state index in [1.807, 2.05) is 5.32 Å². The monoisotopic (exact) mass is 267 g/mol. The highest BCUT2D eigenvalue weighted by Gasteiger charge is 2.16. The maximum atomic E-state index is 12.1. The van der Waals surface area contributed by atoms with E-state index in [9.17, 15) is 14.9 Å². The molecule has 0 aliphatic carbocycles. The highest BCUT2D eigenvalue weighted by Crippen LogP contribution is 2.06. The lowest BCUT2D eigenvalue weighted by atomic mass is 10.2. The van der Waals surface area contributed by atoms with Crippen molar-refractivity contribution in [3.63, 3.8) is 0 Å². The summed E-state index contributed by atoms with van der Waals surface area (Å²) in [6, 6.07) is -3.78. The van der Waals surface area contributed by atoms with Crippen LogP contribution in [0.5, 0.6) is 0 Å². The fourth-order valence-corrected chi connectivity index (χ4v) is 1.24. The van der Waals surface area contributed by atoms with Gasteiger partial charge < -0.3 is 15.4 Å². The number of carbonyl (C=O) groups excluding carboxylic acids is 1. The lowest BCUT2D eigenvalue weighted by Gasteiger charge is -2.05. The van der Waals surface area contributed by atoms with Crippen molar-refractivity contribution in [2.75, 3.05) is 0 Å². The Labute approximate surface area is 118 Å². The standard InChI is InChI=1S/C12H12N4O3/c17-11(14-8-10-4-2-1-3-5-10)9-15-7-6-13-12(15)16(18)19/h1-7H,8-9H2,(H,14,17)/i1D,2D,3D,4D,5D,8D2. The number of amides is 1. The Balaban J connectivity index is 2.33. The molecule has 1 aromatic heterocycles. The van der Waals surface area contributed by atoms with Crippen LogP contribution in [0, 0.1) is 10.1 Å². The molecule has 0 aliphatic heterocycles. The molecule has 0 fully saturated rings. The van der Waals surface area contributed by atoms with Crippen molar-refractivity contribution in [1.29, 1.82) is 0 Å². The third-order valence-electron chi connectivity index (χ3n) is 2.00. The van der Waals surface area contributed by atoms with Crippen LogP contribution in [0.4, 0.5) is 5.95 Å². The van der Waals surface area contributed by atoms with Crippen molar-refractivity contribution in [2.45, 2.75) is 13.0 Å². The van der Waals surface area contributed by atoms with Gasteiger partial charge in [0, 0.05) is 6.50 Å². The van der Waals surface area contributed by atoms with Gasteiger partial charge in [0.15, 0.2) is 6.54 Å². The Morgan fingerprint density at radius 3 is 2.95 bits per heavy atom. The zero-order valence-electron chi connectivity index (χ0n) is 16.4.